The molecule has 0 atom stereocenters. The number of likely N-dealkylation sites (tertiary alicyclic amines) is 1. The van der Waals surface area contributed by atoms with Gasteiger partial charge in [-0.3, -0.25) is 19.7 Å². The topological polar surface area (TPSA) is 106 Å². The highest BCUT2D eigenvalue weighted by Gasteiger charge is 2.26. The van der Waals surface area contributed by atoms with Gasteiger partial charge in [0.25, 0.3) is 17.5 Å². The third-order valence-corrected chi connectivity index (χ3v) is 6.68. The van der Waals surface area contributed by atoms with Crippen molar-refractivity contribution in [3.63, 3.8) is 0 Å². The molecule has 0 saturated carbocycles. The van der Waals surface area contributed by atoms with Gasteiger partial charge < -0.3 is 14.6 Å². The monoisotopic (exact) mass is 485 g/mol. The Labute approximate surface area is 199 Å². The first-order chi connectivity index (χ1) is 15.9. The molecule has 1 N–H and O–H groups in total. The summed E-state index contributed by atoms with van der Waals surface area (Å²) in [5, 5.41) is 14.9. The number of nitro benzene ring substituents is 1. The number of nitro groups is 1. The van der Waals surface area contributed by atoms with Gasteiger partial charge in [-0.15, -0.1) is 0 Å². The number of piperidine rings is 1. The highest BCUT2D eigenvalue weighted by Crippen LogP contribution is 2.33. The fraction of sp³-hybridized carbons (Fsp3) is 0.217. The number of hydrogen-bond acceptors (Lipinski definition) is 6. The maximum atomic E-state index is 13.1. The molecule has 0 bridgehead atoms. The molecule has 10 heteroatoms. The van der Waals surface area contributed by atoms with Crippen LogP contribution in [0.4, 0.5) is 5.69 Å². The van der Waals surface area contributed by atoms with Crippen molar-refractivity contribution >= 4 is 40.9 Å². The van der Waals surface area contributed by atoms with Gasteiger partial charge in [0.1, 0.15) is 6.26 Å². The molecule has 8 nitrogen and oxygen atoms in total. The van der Waals surface area contributed by atoms with E-state index in [2.05, 4.69) is 5.32 Å². The first kappa shape index (κ1) is 22.9. The van der Waals surface area contributed by atoms with Crippen LogP contribution in [0.15, 0.2) is 75.3 Å². The maximum absolute atomic E-state index is 13.1. The van der Waals surface area contributed by atoms with Crippen molar-refractivity contribution in [1.29, 1.82) is 0 Å². The molecule has 2 aromatic carbocycles. The molecule has 0 aliphatic carbocycles. The summed E-state index contributed by atoms with van der Waals surface area (Å²) in [6, 6.07) is 12.9. The number of furan rings is 1. The number of rotatable bonds is 6. The van der Waals surface area contributed by atoms with Crippen molar-refractivity contribution in [2.75, 3.05) is 13.1 Å². The molecular weight excluding hydrogens is 466 g/mol. The zero-order valence-corrected chi connectivity index (χ0v) is 19.0. The van der Waals surface area contributed by atoms with E-state index in [1.807, 2.05) is 12.1 Å². The lowest BCUT2D eigenvalue weighted by molar-refractivity contribution is -0.384. The Kier molecular flexibility index (Phi) is 7.00. The molecule has 3 aromatic rings. The van der Waals surface area contributed by atoms with Crippen LogP contribution in [0, 0.1) is 10.1 Å². The molecular formula is C23H20ClN3O5S. The minimum absolute atomic E-state index is 0.103. The van der Waals surface area contributed by atoms with Crippen LogP contribution in [0.3, 0.4) is 0 Å². The predicted octanol–water partition coefficient (Wildman–Crippen LogP) is 5.03. The molecule has 33 heavy (non-hydrogen) atoms. The van der Waals surface area contributed by atoms with Crippen LogP contribution >= 0.6 is 23.4 Å². The van der Waals surface area contributed by atoms with Crippen LogP contribution in [0.2, 0.25) is 5.02 Å². The summed E-state index contributed by atoms with van der Waals surface area (Å²) < 4.78 is 4.97. The Morgan fingerprint density at radius 3 is 2.48 bits per heavy atom. The summed E-state index contributed by atoms with van der Waals surface area (Å²) in [6.07, 6.45) is 4.05. The van der Waals surface area contributed by atoms with Gasteiger partial charge in [-0.2, -0.15) is 0 Å². The normalized spacial score (nSPS) is 14.2. The van der Waals surface area contributed by atoms with E-state index in [-0.39, 0.29) is 29.1 Å². The van der Waals surface area contributed by atoms with E-state index in [0.717, 1.165) is 4.90 Å². The second kappa shape index (κ2) is 10.1. The highest BCUT2D eigenvalue weighted by molar-refractivity contribution is 7.99. The van der Waals surface area contributed by atoms with Crippen molar-refractivity contribution in [1.82, 2.24) is 10.2 Å². The van der Waals surface area contributed by atoms with Gasteiger partial charge in [0.2, 0.25) is 0 Å². The number of nitrogens with one attached hydrogen (secondary N) is 1. The average molecular weight is 486 g/mol. The van der Waals surface area contributed by atoms with Crippen molar-refractivity contribution < 1.29 is 18.9 Å². The maximum Gasteiger partial charge on any atom is 0.270 e. The fourth-order valence-corrected chi connectivity index (χ4v) is 4.64. The van der Waals surface area contributed by atoms with E-state index in [0.29, 0.717) is 41.4 Å². The lowest BCUT2D eigenvalue weighted by Crippen LogP contribution is -2.46. The van der Waals surface area contributed by atoms with Crippen LogP contribution in [-0.4, -0.2) is 40.8 Å². The zero-order chi connectivity index (χ0) is 23.4. The summed E-state index contributed by atoms with van der Waals surface area (Å²) in [4.78, 5) is 39.5. The minimum Gasteiger partial charge on any atom is -0.472 e. The van der Waals surface area contributed by atoms with E-state index in [1.54, 1.807) is 29.2 Å². The highest BCUT2D eigenvalue weighted by atomic mass is 35.5. The van der Waals surface area contributed by atoms with Crippen molar-refractivity contribution in [3.05, 3.63) is 87.3 Å². The van der Waals surface area contributed by atoms with Crippen molar-refractivity contribution in [2.45, 2.75) is 28.7 Å². The van der Waals surface area contributed by atoms with Crippen LogP contribution in [-0.2, 0) is 0 Å². The largest absolute Gasteiger partial charge is 0.472 e. The van der Waals surface area contributed by atoms with E-state index in [9.17, 15) is 19.7 Å². The summed E-state index contributed by atoms with van der Waals surface area (Å²) in [5.41, 5.74) is 0.583. The molecule has 1 aliphatic heterocycles. The van der Waals surface area contributed by atoms with Gasteiger partial charge in [-0.05, 0) is 49.2 Å². The summed E-state index contributed by atoms with van der Waals surface area (Å²) >= 11 is 7.27. The van der Waals surface area contributed by atoms with Crippen LogP contribution < -0.4 is 5.32 Å². The van der Waals surface area contributed by atoms with Gasteiger partial charge in [0, 0.05) is 46.1 Å². The molecule has 2 heterocycles. The van der Waals surface area contributed by atoms with E-state index >= 15 is 0 Å². The number of hydrogen-bond donors (Lipinski definition) is 1. The Morgan fingerprint density at radius 1 is 1.12 bits per heavy atom. The van der Waals surface area contributed by atoms with Gasteiger partial charge in [0.15, 0.2) is 0 Å². The standard InChI is InChI=1S/C23H20ClN3O5S/c24-16-1-4-19(5-2-16)33-21-6-3-18(27(30)31)13-20(21)22(28)25-17-7-10-26(11-8-17)23(29)15-9-12-32-14-15/h1-6,9,12-14,17H,7-8,10-11H2,(H,25,28). The third kappa shape index (κ3) is 5.55. The molecule has 2 amide bonds. The molecule has 0 radical (unpaired) electrons. The second-order valence-electron chi connectivity index (χ2n) is 7.55. The number of non-ortho nitro benzene ring substituents is 1. The fourth-order valence-electron chi connectivity index (χ4n) is 3.59. The Morgan fingerprint density at radius 2 is 1.85 bits per heavy atom. The quantitative estimate of drug-likeness (QED) is 0.388. The first-order valence-corrected chi connectivity index (χ1v) is 11.4. The molecule has 1 aliphatic rings. The third-order valence-electron chi connectivity index (χ3n) is 5.35. The van der Waals surface area contributed by atoms with Crippen LogP contribution in [0.25, 0.3) is 0 Å². The van der Waals surface area contributed by atoms with Gasteiger partial charge in [-0.25, -0.2) is 0 Å². The van der Waals surface area contributed by atoms with E-state index in [4.69, 9.17) is 16.0 Å². The Bertz CT molecular complexity index is 1160. The molecule has 0 spiro atoms. The second-order valence-corrected chi connectivity index (χ2v) is 9.10. The number of carbonyl (C=O) groups is 2. The Hall–Kier alpha value is -3.30. The Balaban J connectivity index is 1.45. The van der Waals surface area contributed by atoms with Gasteiger partial charge in [0.05, 0.1) is 22.3 Å². The van der Waals surface area contributed by atoms with Crippen LogP contribution in [0.5, 0.6) is 0 Å². The first-order valence-electron chi connectivity index (χ1n) is 10.2. The molecule has 0 unspecified atom stereocenters. The predicted molar refractivity (Wildman–Crippen MR) is 124 cm³/mol. The number of carbonyl (C=O) groups excluding carboxylic acids is 2. The molecule has 4 rings (SSSR count). The summed E-state index contributed by atoms with van der Waals surface area (Å²) in [5.74, 6) is -0.483. The minimum atomic E-state index is -0.520. The lowest BCUT2D eigenvalue weighted by Gasteiger charge is -2.32. The zero-order valence-electron chi connectivity index (χ0n) is 17.4. The SMILES string of the molecule is O=C(NC1CCN(C(=O)c2ccoc2)CC1)c1cc([N+](=O)[O-])ccc1Sc1ccc(Cl)cc1. The lowest BCUT2D eigenvalue weighted by atomic mass is 10.0. The van der Waals surface area contributed by atoms with Gasteiger partial charge in [-0.1, -0.05) is 23.4 Å². The number of amides is 2. The molecule has 1 fully saturated rings. The summed E-state index contributed by atoms with van der Waals surface area (Å²) in [7, 11) is 0. The van der Waals surface area contributed by atoms with Crippen LogP contribution in [0.1, 0.15) is 33.6 Å². The number of halogens is 1. The van der Waals surface area contributed by atoms with E-state index in [1.165, 1.54) is 36.4 Å². The van der Waals surface area contributed by atoms with E-state index < -0.39 is 4.92 Å². The smallest absolute Gasteiger partial charge is 0.270 e. The number of nitrogens with zero attached hydrogens (tertiary/aromatic N) is 2. The molecule has 1 aromatic heterocycles. The summed E-state index contributed by atoms with van der Waals surface area (Å²) in [6.45, 7) is 0.993. The van der Waals surface area contributed by atoms with Gasteiger partial charge >= 0.3 is 0 Å². The van der Waals surface area contributed by atoms with Crippen molar-refractivity contribution in [2.24, 2.45) is 0 Å². The molecule has 170 valence electrons. The molecule has 1 saturated heterocycles. The average Bonchev–Trinajstić information content (AvgIpc) is 3.36. The number of benzene rings is 2. The van der Waals surface area contributed by atoms with Crippen molar-refractivity contribution in [3.8, 4) is 0 Å².